The SMILES string of the molecule is CCCS(=O)(=O)NCC1CC2CCN1CC2c1cc(-c2ccc3ccccc3c2)nn1C. The van der Waals surface area contributed by atoms with Gasteiger partial charge in [-0.3, -0.25) is 9.58 Å². The highest BCUT2D eigenvalue weighted by Crippen LogP contribution is 2.42. The van der Waals surface area contributed by atoms with E-state index in [1.54, 1.807) is 0 Å². The van der Waals surface area contributed by atoms with Crippen LogP contribution in [-0.2, 0) is 17.1 Å². The van der Waals surface area contributed by atoms with Crippen LogP contribution < -0.4 is 4.72 Å². The smallest absolute Gasteiger partial charge is 0.211 e. The lowest BCUT2D eigenvalue weighted by atomic mass is 9.74. The maximum atomic E-state index is 12.1. The number of nitrogens with zero attached hydrogens (tertiary/aromatic N) is 3. The molecule has 170 valence electrons. The molecule has 0 spiro atoms. The fraction of sp³-hybridized carbons (Fsp3) is 0.480. The summed E-state index contributed by atoms with van der Waals surface area (Å²) in [7, 11) is -1.10. The Morgan fingerprint density at radius 2 is 1.94 bits per heavy atom. The number of fused-ring (bicyclic) bond motifs is 4. The highest BCUT2D eigenvalue weighted by molar-refractivity contribution is 7.89. The fourth-order valence-corrected chi connectivity index (χ4v) is 6.70. The van der Waals surface area contributed by atoms with E-state index in [4.69, 9.17) is 5.10 Å². The summed E-state index contributed by atoms with van der Waals surface area (Å²) < 4.78 is 29.1. The van der Waals surface area contributed by atoms with E-state index in [9.17, 15) is 8.42 Å². The lowest BCUT2D eigenvalue weighted by molar-refractivity contribution is 0.0306. The van der Waals surface area contributed by atoms with Gasteiger partial charge in [0, 0.05) is 43.4 Å². The van der Waals surface area contributed by atoms with Crippen LogP contribution in [0.4, 0.5) is 0 Å². The lowest BCUT2D eigenvalue weighted by Crippen LogP contribution is -2.56. The van der Waals surface area contributed by atoms with E-state index in [2.05, 4.69) is 62.8 Å². The summed E-state index contributed by atoms with van der Waals surface area (Å²) in [4.78, 5) is 2.47. The molecule has 0 amide bonds. The van der Waals surface area contributed by atoms with E-state index in [1.165, 1.54) is 22.9 Å². The third kappa shape index (κ3) is 4.21. The van der Waals surface area contributed by atoms with Gasteiger partial charge < -0.3 is 0 Å². The van der Waals surface area contributed by atoms with E-state index in [-0.39, 0.29) is 5.75 Å². The number of hydrogen-bond acceptors (Lipinski definition) is 4. The first-order valence-corrected chi connectivity index (χ1v) is 13.3. The first-order valence-electron chi connectivity index (χ1n) is 11.7. The van der Waals surface area contributed by atoms with Crippen LogP contribution in [0.25, 0.3) is 22.0 Å². The van der Waals surface area contributed by atoms with Gasteiger partial charge in [-0.2, -0.15) is 5.10 Å². The Morgan fingerprint density at radius 3 is 2.69 bits per heavy atom. The molecule has 3 aromatic rings. The number of sulfonamides is 1. The summed E-state index contributed by atoms with van der Waals surface area (Å²) >= 11 is 0. The summed E-state index contributed by atoms with van der Waals surface area (Å²) in [5, 5.41) is 7.33. The van der Waals surface area contributed by atoms with Crippen molar-refractivity contribution < 1.29 is 8.42 Å². The zero-order valence-corrected chi connectivity index (χ0v) is 19.7. The molecule has 4 heterocycles. The number of piperidine rings is 3. The molecule has 3 fully saturated rings. The molecule has 0 aliphatic carbocycles. The van der Waals surface area contributed by atoms with Gasteiger partial charge in [0.05, 0.1) is 11.4 Å². The van der Waals surface area contributed by atoms with Crippen LogP contribution in [0.15, 0.2) is 48.5 Å². The van der Waals surface area contributed by atoms with Crippen molar-refractivity contribution in [3.63, 3.8) is 0 Å². The molecule has 3 saturated heterocycles. The third-order valence-corrected chi connectivity index (χ3v) is 8.78. The van der Waals surface area contributed by atoms with Crippen molar-refractivity contribution >= 4 is 20.8 Å². The van der Waals surface area contributed by atoms with Gasteiger partial charge in [0.2, 0.25) is 10.0 Å². The summed E-state index contributed by atoms with van der Waals surface area (Å²) in [6, 6.07) is 17.5. The molecule has 6 rings (SSSR count). The van der Waals surface area contributed by atoms with Gasteiger partial charge in [-0.25, -0.2) is 13.1 Å². The second kappa shape index (κ2) is 8.61. The van der Waals surface area contributed by atoms with Crippen LogP contribution in [0, 0.1) is 5.92 Å². The molecule has 3 aliphatic rings. The summed E-state index contributed by atoms with van der Waals surface area (Å²) in [5.74, 6) is 1.22. The predicted molar refractivity (Wildman–Crippen MR) is 129 cm³/mol. The van der Waals surface area contributed by atoms with Crippen LogP contribution in [-0.4, -0.2) is 54.5 Å². The number of benzene rings is 2. The summed E-state index contributed by atoms with van der Waals surface area (Å²) in [6.07, 6.45) is 2.85. The van der Waals surface area contributed by atoms with E-state index in [0.717, 1.165) is 30.8 Å². The molecule has 1 aromatic heterocycles. The van der Waals surface area contributed by atoms with Crippen LogP contribution in [0.2, 0.25) is 0 Å². The van der Waals surface area contributed by atoms with Gasteiger partial charge in [-0.1, -0.05) is 43.3 Å². The zero-order chi connectivity index (χ0) is 22.3. The Kier molecular flexibility index (Phi) is 5.82. The predicted octanol–water partition coefficient (Wildman–Crippen LogP) is 3.75. The minimum absolute atomic E-state index is 0.207. The van der Waals surface area contributed by atoms with Crippen molar-refractivity contribution in [1.29, 1.82) is 0 Å². The molecule has 2 bridgehead atoms. The molecule has 3 aliphatic heterocycles. The molecule has 32 heavy (non-hydrogen) atoms. The molecule has 7 heteroatoms. The van der Waals surface area contributed by atoms with Crippen molar-refractivity contribution in [3.05, 3.63) is 54.2 Å². The van der Waals surface area contributed by atoms with Crippen molar-refractivity contribution in [1.82, 2.24) is 19.4 Å². The van der Waals surface area contributed by atoms with Crippen molar-refractivity contribution in [3.8, 4) is 11.3 Å². The second-order valence-corrected chi connectivity index (χ2v) is 11.3. The van der Waals surface area contributed by atoms with Crippen LogP contribution in [0.1, 0.15) is 37.8 Å². The minimum Gasteiger partial charge on any atom is -0.298 e. The Morgan fingerprint density at radius 1 is 1.12 bits per heavy atom. The van der Waals surface area contributed by atoms with Gasteiger partial charge in [-0.15, -0.1) is 0 Å². The molecule has 2 aromatic carbocycles. The third-order valence-electron chi connectivity index (χ3n) is 7.23. The Balaban J connectivity index is 1.33. The Labute approximate surface area is 190 Å². The van der Waals surface area contributed by atoms with E-state index in [0.29, 0.717) is 30.8 Å². The monoisotopic (exact) mass is 452 g/mol. The molecule has 0 saturated carbocycles. The van der Waals surface area contributed by atoms with Crippen LogP contribution in [0.3, 0.4) is 0 Å². The average Bonchev–Trinajstić information content (AvgIpc) is 3.19. The number of nitrogens with one attached hydrogen (secondary N) is 1. The molecule has 4 atom stereocenters. The molecule has 6 nitrogen and oxygen atoms in total. The van der Waals surface area contributed by atoms with Crippen LogP contribution >= 0.6 is 0 Å². The van der Waals surface area contributed by atoms with Gasteiger partial charge in [0.1, 0.15) is 0 Å². The topological polar surface area (TPSA) is 67.2 Å². The number of aromatic nitrogens is 2. The Hall–Kier alpha value is -2.22. The van der Waals surface area contributed by atoms with E-state index < -0.39 is 10.0 Å². The van der Waals surface area contributed by atoms with Crippen molar-refractivity contribution in [2.24, 2.45) is 13.0 Å². The van der Waals surface area contributed by atoms with Gasteiger partial charge in [0.25, 0.3) is 0 Å². The number of rotatable bonds is 7. The number of aryl methyl sites for hydroxylation is 1. The first-order chi connectivity index (χ1) is 15.4. The minimum atomic E-state index is -3.15. The van der Waals surface area contributed by atoms with Gasteiger partial charge in [0.15, 0.2) is 0 Å². The van der Waals surface area contributed by atoms with Crippen molar-refractivity contribution in [2.75, 3.05) is 25.4 Å². The summed E-state index contributed by atoms with van der Waals surface area (Å²) in [6.45, 7) is 4.45. The van der Waals surface area contributed by atoms with Gasteiger partial charge in [-0.05, 0) is 54.6 Å². The van der Waals surface area contributed by atoms with E-state index >= 15 is 0 Å². The summed E-state index contributed by atoms with van der Waals surface area (Å²) in [5.41, 5.74) is 3.46. The largest absolute Gasteiger partial charge is 0.298 e. The maximum absolute atomic E-state index is 12.1. The standard InChI is InChI=1S/C25H32N4O2S/c1-3-12-32(30,31)26-16-22-14-20-10-11-29(22)17-23(20)25-15-24(27-28(25)2)21-9-8-18-6-4-5-7-19(18)13-21/h4-9,13,15,20,22-23,26H,3,10-12,14,16-17H2,1-2H3. The lowest BCUT2D eigenvalue weighted by Gasteiger charge is -2.49. The molecular formula is C25H32N4O2S. The molecular weight excluding hydrogens is 420 g/mol. The average molecular weight is 453 g/mol. The molecule has 1 N–H and O–H groups in total. The van der Waals surface area contributed by atoms with Crippen LogP contribution in [0.5, 0.6) is 0 Å². The number of hydrogen-bond donors (Lipinski definition) is 1. The quantitative estimate of drug-likeness (QED) is 0.593. The second-order valence-electron chi connectivity index (χ2n) is 9.35. The highest BCUT2D eigenvalue weighted by Gasteiger charge is 2.42. The van der Waals surface area contributed by atoms with E-state index in [1.807, 2.05) is 14.0 Å². The van der Waals surface area contributed by atoms with Gasteiger partial charge >= 0.3 is 0 Å². The maximum Gasteiger partial charge on any atom is 0.211 e. The van der Waals surface area contributed by atoms with Crippen molar-refractivity contribution in [2.45, 2.75) is 38.1 Å². The fourth-order valence-electron chi connectivity index (χ4n) is 5.57. The highest BCUT2D eigenvalue weighted by atomic mass is 32.2. The zero-order valence-electron chi connectivity index (χ0n) is 18.9. The first kappa shape index (κ1) is 21.6. The molecule has 0 radical (unpaired) electrons. The molecule has 4 unspecified atom stereocenters. The Bertz CT molecular complexity index is 1220. The normalized spacial score (nSPS) is 25.4.